The molecule has 2 heteroatoms. The first kappa shape index (κ1) is 7.14. The van der Waals surface area contributed by atoms with E-state index in [2.05, 4.69) is 19.2 Å². The highest BCUT2D eigenvalue weighted by molar-refractivity contribution is 5.88. The molecule has 1 N–H and O–H groups in total. The van der Waals surface area contributed by atoms with Crippen LogP contribution in [0.5, 0.6) is 0 Å². The maximum absolute atomic E-state index is 11.4. The lowest BCUT2D eigenvalue weighted by Crippen LogP contribution is -2.26. The average Bonchev–Trinajstić information content (AvgIpc) is 2.51. The third kappa shape index (κ3) is 0.883. The summed E-state index contributed by atoms with van der Waals surface area (Å²) in [6.07, 6.45) is 2.24. The Hall–Kier alpha value is -0.530. The predicted octanol–water partition coefficient (Wildman–Crippen LogP) is 1.17. The minimum atomic E-state index is 0.0914. The van der Waals surface area contributed by atoms with Gasteiger partial charge in [-0.3, -0.25) is 4.79 Å². The molecule has 2 unspecified atom stereocenters. The van der Waals surface area contributed by atoms with Gasteiger partial charge in [-0.25, -0.2) is 0 Å². The maximum atomic E-state index is 11.4. The Morgan fingerprint density at radius 1 is 1.73 bits per heavy atom. The number of carbonyl (C=O) groups is 1. The molecular weight excluding hydrogens is 138 g/mol. The Morgan fingerprint density at radius 2 is 2.45 bits per heavy atom. The quantitative estimate of drug-likeness (QED) is 0.634. The van der Waals surface area contributed by atoms with Crippen LogP contribution in [-0.4, -0.2) is 12.5 Å². The van der Waals surface area contributed by atoms with Crippen molar-refractivity contribution < 1.29 is 4.79 Å². The van der Waals surface area contributed by atoms with Crippen LogP contribution in [0.3, 0.4) is 0 Å². The second-order valence-corrected chi connectivity index (χ2v) is 4.37. The van der Waals surface area contributed by atoms with Crippen molar-refractivity contribution in [3.63, 3.8) is 0 Å². The lowest BCUT2D eigenvalue weighted by Gasteiger charge is -2.12. The number of piperidine rings is 1. The van der Waals surface area contributed by atoms with E-state index in [1.807, 2.05) is 0 Å². The Morgan fingerprint density at radius 3 is 2.82 bits per heavy atom. The number of amides is 1. The van der Waals surface area contributed by atoms with E-state index < -0.39 is 0 Å². The summed E-state index contributed by atoms with van der Waals surface area (Å²) in [5.41, 5.74) is 0.0914. The number of nitrogens with one attached hydrogen (secondary N) is 1. The first-order chi connectivity index (χ1) is 5.15. The Labute approximate surface area is 67.4 Å². The van der Waals surface area contributed by atoms with Crippen LogP contribution in [0, 0.1) is 17.3 Å². The predicted molar refractivity (Wildman–Crippen MR) is 43.0 cm³/mol. The number of hydrogen-bond donors (Lipinski definition) is 1. The fourth-order valence-electron chi connectivity index (χ4n) is 2.39. The molecule has 0 radical (unpaired) electrons. The zero-order valence-corrected chi connectivity index (χ0v) is 7.18. The summed E-state index contributed by atoms with van der Waals surface area (Å²) in [6, 6.07) is 0. The molecule has 2 nitrogen and oxygen atoms in total. The van der Waals surface area contributed by atoms with Crippen LogP contribution in [0.1, 0.15) is 26.7 Å². The van der Waals surface area contributed by atoms with Crippen molar-refractivity contribution in [1.82, 2.24) is 5.32 Å². The second kappa shape index (κ2) is 1.99. The van der Waals surface area contributed by atoms with Gasteiger partial charge in [0.1, 0.15) is 0 Å². The van der Waals surface area contributed by atoms with E-state index in [1.165, 1.54) is 0 Å². The zero-order chi connectivity index (χ0) is 8.06. The number of hydrogen-bond acceptors (Lipinski definition) is 1. The van der Waals surface area contributed by atoms with Crippen LogP contribution in [0.4, 0.5) is 0 Å². The molecule has 2 fully saturated rings. The Kier molecular flexibility index (Phi) is 1.29. The molecular formula is C9H15NO. The van der Waals surface area contributed by atoms with Crippen molar-refractivity contribution in [2.45, 2.75) is 26.7 Å². The van der Waals surface area contributed by atoms with Crippen molar-refractivity contribution in [3.8, 4) is 0 Å². The zero-order valence-electron chi connectivity index (χ0n) is 7.18. The molecule has 1 heterocycles. The lowest BCUT2D eigenvalue weighted by molar-refractivity contribution is -0.125. The summed E-state index contributed by atoms with van der Waals surface area (Å²) in [5.74, 6) is 1.65. The van der Waals surface area contributed by atoms with Crippen LogP contribution in [0.15, 0.2) is 0 Å². The summed E-state index contributed by atoms with van der Waals surface area (Å²) in [7, 11) is 0. The highest BCUT2D eigenvalue weighted by Crippen LogP contribution is 2.59. The molecule has 1 amide bonds. The topological polar surface area (TPSA) is 29.1 Å². The second-order valence-electron chi connectivity index (χ2n) is 4.37. The van der Waals surface area contributed by atoms with Gasteiger partial charge in [-0.05, 0) is 24.7 Å². The maximum Gasteiger partial charge on any atom is 0.226 e. The van der Waals surface area contributed by atoms with Crippen LogP contribution in [0.25, 0.3) is 0 Å². The van der Waals surface area contributed by atoms with E-state index in [1.54, 1.807) is 0 Å². The van der Waals surface area contributed by atoms with Crippen LogP contribution >= 0.6 is 0 Å². The molecule has 62 valence electrons. The first-order valence-electron chi connectivity index (χ1n) is 4.43. The van der Waals surface area contributed by atoms with Crippen molar-refractivity contribution >= 4 is 5.91 Å². The van der Waals surface area contributed by atoms with Crippen LogP contribution in [0.2, 0.25) is 0 Å². The van der Waals surface area contributed by atoms with Gasteiger partial charge >= 0.3 is 0 Å². The summed E-state index contributed by atoms with van der Waals surface area (Å²) in [5, 5.41) is 2.93. The fraction of sp³-hybridized carbons (Fsp3) is 0.889. The van der Waals surface area contributed by atoms with Crippen molar-refractivity contribution in [2.24, 2.45) is 17.3 Å². The van der Waals surface area contributed by atoms with Gasteiger partial charge in [-0.2, -0.15) is 0 Å². The molecule has 0 bridgehead atoms. The van der Waals surface area contributed by atoms with Crippen molar-refractivity contribution in [3.05, 3.63) is 0 Å². The highest BCUT2D eigenvalue weighted by Gasteiger charge is 2.63. The smallest absolute Gasteiger partial charge is 0.226 e. The molecule has 2 rings (SSSR count). The summed E-state index contributed by atoms with van der Waals surface area (Å²) >= 11 is 0. The van der Waals surface area contributed by atoms with E-state index in [9.17, 15) is 4.79 Å². The van der Waals surface area contributed by atoms with Gasteiger partial charge in [0.15, 0.2) is 0 Å². The lowest BCUT2D eigenvalue weighted by atomic mass is 9.93. The monoisotopic (exact) mass is 153 g/mol. The normalized spacial score (nSPS) is 40.6. The Balaban J connectivity index is 2.07. The van der Waals surface area contributed by atoms with Crippen LogP contribution < -0.4 is 5.32 Å². The summed E-state index contributed by atoms with van der Waals surface area (Å²) < 4.78 is 0. The molecule has 0 spiro atoms. The number of rotatable bonds is 2. The number of carbonyl (C=O) groups excluding carboxylic acids is 1. The molecule has 0 aromatic carbocycles. The number of fused-ring (bicyclic) bond motifs is 1. The average molecular weight is 153 g/mol. The van der Waals surface area contributed by atoms with E-state index >= 15 is 0 Å². The van der Waals surface area contributed by atoms with Gasteiger partial charge in [-0.1, -0.05) is 13.8 Å². The van der Waals surface area contributed by atoms with Crippen molar-refractivity contribution in [1.29, 1.82) is 0 Å². The molecule has 0 aromatic heterocycles. The molecule has 2 aliphatic rings. The largest absolute Gasteiger partial charge is 0.355 e. The van der Waals surface area contributed by atoms with Gasteiger partial charge in [0.25, 0.3) is 0 Å². The van der Waals surface area contributed by atoms with E-state index in [4.69, 9.17) is 0 Å². The van der Waals surface area contributed by atoms with Crippen molar-refractivity contribution in [2.75, 3.05) is 6.54 Å². The highest BCUT2D eigenvalue weighted by atomic mass is 16.2. The molecule has 1 saturated carbocycles. The minimum absolute atomic E-state index is 0.0914. The SMILES string of the molecule is CC(C)CC12CC1CNC2=O. The molecule has 0 aromatic rings. The van der Waals surface area contributed by atoms with E-state index in [0.717, 1.165) is 19.4 Å². The van der Waals surface area contributed by atoms with Crippen LogP contribution in [-0.2, 0) is 4.79 Å². The standard InChI is InChI=1S/C9H15NO/c1-6(2)3-9-4-7(9)5-10-8(9)11/h6-7H,3-5H2,1-2H3,(H,10,11). The van der Waals surface area contributed by atoms with Gasteiger partial charge in [0.05, 0.1) is 5.41 Å². The van der Waals surface area contributed by atoms with E-state index in [-0.39, 0.29) is 5.41 Å². The third-order valence-electron chi connectivity index (χ3n) is 2.97. The minimum Gasteiger partial charge on any atom is -0.355 e. The molecule has 11 heavy (non-hydrogen) atoms. The van der Waals surface area contributed by atoms with E-state index in [0.29, 0.717) is 17.7 Å². The summed E-state index contributed by atoms with van der Waals surface area (Å²) in [6.45, 7) is 5.32. The summed E-state index contributed by atoms with van der Waals surface area (Å²) in [4.78, 5) is 11.4. The van der Waals surface area contributed by atoms with Gasteiger partial charge < -0.3 is 5.32 Å². The van der Waals surface area contributed by atoms with Gasteiger partial charge in [0, 0.05) is 6.54 Å². The Bertz CT molecular complexity index is 200. The third-order valence-corrected chi connectivity index (χ3v) is 2.97. The van der Waals surface area contributed by atoms with Gasteiger partial charge in [0.2, 0.25) is 5.91 Å². The molecule has 1 aliphatic carbocycles. The molecule has 2 atom stereocenters. The molecule has 1 saturated heterocycles. The first-order valence-corrected chi connectivity index (χ1v) is 4.43. The van der Waals surface area contributed by atoms with Gasteiger partial charge in [-0.15, -0.1) is 0 Å². The fourth-order valence-corrected chi connectivity index (χ4v) is 2.39. The molecule has 1 aliphatic heterocycles.